The van der Waals surface area contributed by atoms with Gasteiger partial charge in [-0.25, -0.2) is 0 Å². The van der Waals surface area contributed by atoms with Gasteiger partial charge in [0, 0.05) is 50.9 Å². The minimum atomic E-state index is 0.112. The highest BCUT2D eigenvalue weighted by Gasteiger charge is 2.44. The van der Waals surface area contributed by atoms with E-state index in [2.05, 4.69) is 28.9 Å². The molecule has 3 aliphatic heterocycles. The molecule has 0 aliphatic carbocycles. The molecule has 3 saturated heterocycles. The van der Waals surface area contributed by atoms with Crippen LogP contribution in [0.15, 0.2) is 6.20 Å². The van der Waals surface area contributed by atoms with Gasteiger partial charge in [-0.05, 0) is 58.0 Å². The highest BCUT2D eigenvalue weighted by Crippen LogP contribution is 2.41. The highest BCUT2D eigenvalue weighted by molar-refractivity contribution is 5.95. The standard InChI is InChI=1S/C22H35N5O2/c1-4-10-27-17(2)19(14-23-27)21(29)25-12-8-22(9-13-25)7-5-20(28)26(16-22)18-6-11-24(3)15-18/h14,18H,4-13,15-16H2,1-3H3/t18-/m0/s1. The smallest absolute Gasteiger partial charge is 0.257 e. The molecule has 7 nitrogen and oxygen atoms in total. The second-order valence-corrected chi connectivity index (χ2v) is 9.39. The van der Waals surface area contributed by atoms with Gasteiger partial charge >= 0.3 is 0 Å². The molecule has 1 aromatic heterocycles. The van der Waals surface area contributed by atoms with Crippen LogP contribution in [0.2, 0.25) is 0 Å². The summed E-state index contributed by atoms with van der Waals surface area (Å²) in [6, 6.07) is 0.372. The zero-order valence-corrected chi connectivity index (χ0v) is 18.2. The van der Waals surface area contributed by atoms with Gasteiger partial charge in [0.2, 0.25) is 5.91 Å². The predicted octanol–water partition coefficient (Wildman–Crippen LogP) is 2.15. The Balaban J connectivity index is 1.39. The maximum absolute atomic E-state index is 13.1. The van der Waals surface area contributed by atoms with Crippen molar-refractivity contribution in [1.29, 1.82) is 0 Å². The summed E-state index contributed by atoms with van der Waals surface area (Å²) in [4.78, 5) is 32.2. The maximum atomic E-state index is 13.1. The van der Waals surface area contributed by atoms with Crippen LogP contribution < -0.4 is 0 Å². The largest absolute Gasteiger partial charge is 0.338 e. The molecule has 0 aromatic carbocycles. The topological polar surface area (TPSA) is 61.7 Å². The summed E-state index contributed by atoms with van der Waals surface area (Å²) < 4.78 is 1.93. The fourth-order valence-electron chi connectivity index (χ4n) is 5.40. The van der Waals surface area contributed by atoms with Gasteiger partial charge < -0.3 is 14.7 Å². The molecule has 0 radical (unpaired) electrons. The number of amides is 2. The molecule has 7 heteroatoms. The number of rotatable bonds is 4. The molecule has 2 amide bonds. The number of hydrogen-bond acceptors (Lipinski definition) is 4. The van der Waals surface area contributed by atoms with E-state index in [-0.39, 0.29) is 11.3 Å². The second-order valence-electron chi connectivity index (χ2n) is 9.39. The zero-order chi connectivity index (χ0) is 20.6. The Morgan fingerprint density at radius 1 is 1.24 bits per heavy atom. The highest BCUT2D eigenvalue weighted by atomic mass is 16.2. The normalized spacial score (nSPS) is 25.2. The summed E-state index contributed by atoms with van der Waals surface area (Å²) in [6.07, 6.45) is 7.45. The van der Waals surface area contributed by atoms with Crippen LogP contribution in [0.1, 0.15) is 61.5 Å². The Morgan fingerprint density at radius 3 is 2.66 bits per heavy atom. The number of carbonyl (C=O) groups excluding carboxylic acids is 2. The van der Waals surface area contributed by atoms with Crippen LogP contribution in [-0.4, -0.2) is 82.1 Å². The number of aromatic nitrogens is 2. The first-order valence-corrected chi connectivity index (χ1v) is 11.2. The Bertz CT molecular complexity index is 765. The van der Waals surface area contributed by atoms with E-state index in [1.807, 2.05) is 16.5 Å². The minimum Gasteiger partial charge on any atom is -0.338 e. The van der Waals surface area contributed by atoms with Gasteiger partial charge in [-0.15, -0.1) is 0 Å². The average molecular weight is 402 g/mol. The van der Waals surface area contributed by atoms with Gasteiger partial charge in [-0.2, -0.15) is 5.10 Å². The Hall–Kier alpha value is -1.89. The van der Waals surface area contributed by atoms with E-state index in [0.29, 0.717) is 18.4 Å². The third-order valence-corrected chi connectivity index (χ3v) is 7.38. The van der Waals surface area contributed by atoms with Crippen molar-refractivity contribution in [3.05, 3.63) is 17.5 Å². The predicted molar refractivity (Wildman–Crippen MR) is 112 cm³/mol. The summed E-state index contributed by atoms with van der Waals surface area (Å²) in [5.74, 6) is 0.439. The summed E-state index contributed by atoms with van der Waals surface area (Å²) in [6.45, 7) is 9.47. The molecule has 1 spiro atoms. The third kappa shape index (κ3) is 3.93. The number of likely N-dealkylation sites (N-methyl/N-ethyl adjacent to an activating group) is 1. The van der Waals surface area contributed by atoms with Crippen molar-refractivity contribution in [2.24, 2.45) is 5.41 Å². The molecule has 29 heavy (non-hydrogen) atoms. The fraction of sp³-hybridized carbons (Fsp3) is 0.773. The van der Waals surface area contributed by atoms with Crippen LogP contribution in [0, 0.1) is 12.3 Å². The van der Waals surface area contributed by atoms with E-state index in [1.165, 1.54) is 0 Å². The summed E-state index contributed by atoms with van der Waals surface area (Å²) in [5.41, 5.74) is 1.90. The molecule has 0 saturated carbocycles. The molecule has 3 aliphatic rings. The number of nitrogens with zero attached hydrogens (tertiary/aromatic N) is 5. The van der Waals surface area contributed by atoms with Crippen molar-refractivity contribution in [3.63, 3.8) is 0 Å². The van der Waals surface area contributed by atoms with E-state index < -0.39 is 0 Å². The van der Waals surface area contributed by atoms with Gasteiger partial charge in [0.25, 0.3) is 5.91 Å². The van der Waals surface area contributed by atoms with Crippen LogP contribution in [0.5, 0.6) is 0 Å². The van der Waals surface area contributed by atoms with Gasteiger partial charge in [0.1, 0.15) is 0 Å². The van der Waals surface area contributed by atoms with E-state index in [4.69, 9.17) is 0 Å². The first kappa shape index (κ1) is 20.4. The molecule has 4 rings (SSSR count). The molecule has 0 bridgehead atoms. The minimum absolute atomic E-state index is 0.112. The number of likely N-dealkylation sites (tertiary alicyclic amines) is 3. The molecule has 3 fully saturated rings. The van der Waals surface area contributed by atoms with Crippen molar-refractivity contribution in [3.8, 4) is 0 Å². The van der Waals surface area contributed by atoms with Crippen LogP contribution in [0.3, 0.4) is 0 Å². The quantitative estimate of drug-likeness (QED) is 0.776. The van der Waals surface area contributed by atoms with Crippen LogP contribution in [-0.2, 0) is 11.3 Å². The second kappa shape index (κ2) is 8.09. The van der Waals surface area contributed by atoms with E-state index >= 15 is 0 Å². The first-order valence-electron chi connectivity index (χ1n) is 11.2. The van der Waals surface area contributed by atoms with E-state index in [0.717, 1.165) is 82.6 Å². The summed E-state index contributed by atoms with van der Waals surface area (Å²) in [5, 5.41) is 4.39. The Morgan fingerprint density at radius 2 is 2.00 bits per heavy atom. The lowest BCUT2D eigenvalue weighted by molar-refractivity contribution is -0.141. The van der Waals surface area contributed by atoms with Crippen molar-refractivity contribution >= 4 is 11.8 Å². The van der Waals surface area contributed by atoms with Crippen molar-refractivity contribution < 1.29 is 9.59 Å². The summed E-state index contributed by atoms with van der Waals surface area (Å²) in [7, 11) is 2.14. The van der Waals surface area contributed by atoms with Gasteiger partial charge in [-0.3, -0.25) is 14.3 Å². The molecule has 0 unspecified atom stereocenters. The fourth-order valence-corrected chi connectivity index (χ4v) is 5.40. The Kier molecular flexibility index (Phi) is 5.69. The number of carbonyl (C=O) groups is 2. The zero-order valence-electron chi connectivity index (χ0n) is 18.2. The monoisotopic (exact) mass is 401 g/mol. The van der Waals surface area contributed by atoms with Crippen LogP contribution in [0.4, 0.5) is 0 Å². The number of hydrogen-bond donors (Lipinski definition) is 0. The molecule has 160 valence electrons. The average Bonchev–Trinajstić information content (AvgIpc) is 3.30. The number of aryl methyl sites for hydroxylation is 1. The lowest BCUT2D eigenvalue weighted by Gasteiger charge is -2.49. The van der Waals surface area contributed by atoms with Gasteiger partial charge in [0.05, 0.1) is 11.8 Å². The van der Waals surface area contributed by atoms with Gasteiger partial charge in [0.15, 0.2) is 0 Å². The molecule has 1 aromatic rings. The van der Waals surface area contributed by atoms with Crippen molar-refractivity contribution in [2.75, 3.05) is 39.8 Å². The van der Waals surface area contributed by atoms with Crippen LogP contribution in [0.25, 0.3) is 0 Å². The van der Waals surface area contributed by atoms with Gasteiger partial charge in [-0.1, -0.05) is 6.92 Å². The third-order valence-electron chi connectivity index (χ3n) is 7.38. The lowest BCUT2D eigenvalue weighted by atomic mass is 9.72. The summed E-state index contributed by atoms with van der Waals surface area (Å²) >= 11 is 0. The molecular formula is C22H35N5O2. The van der Waals surface area contributed by atoms with Crippen LogP contribution >= 0.6 is 0 Å². The number of piperidine rings is 2. The molecular weight excluding hydrogens is 366 g/mol. The van der Waals surface area contributed by atoms with Crippen molar-refractivity contribution in [1.82, 2.24) is 24.5 Å². The SMILES string of the molecule is CCCn1ncc(C(=O)N2CCC3(CCC(=O)N([C@H]4CCN(C)C4)C3)CC2)c1C. The van der Waals surface area contributed by atoms with E-state index in [1.54, 1.807) is 6.20 Å². The maximum Gasteiger partial charge on any atom is 0.257 e. The first-order chi connectivity index (χ1) is 13.9. The van der Waals surface area contributed by atoms with E-state index in [9.17, 15) is 9.59 Å². The van der Waals surface area contributed by atoms with Crippen molar-refractivity contribution in [2.45, 2.75) is 65.0 Å². The Labute approximate surface area is 174 Å². The lowest BCUT2D eigenvalue weighted by Crippen LogP contribution is -2.55. The molecule has 0 N–H and O–H groups in total. The molecule has 4 heterocycles. The molecule has 1 atom stereocenters.